The molecule has 0 fully saturated rings. The Hall–Kier alpha value is -2.63. The van der Waals surface area contributed by atoms with Gasteiger partial charge in [0.25, 0.3) is 0 Å². The molecule has 0 amide bonds. The smallest absolute Gasteiger partial charge is 0.333 e. The standard InChI is InChI=1S/C15H13NO4/c17-14(18)11-6-7-12(15(19)20)13(8-11)16-9-10-4-2-1-3-5-10/h1-9,16,19-20H,(H,17,18)/q-2. The van der Waals surface area contributed by atoms with Crippen LogP contribution in [0.3, 0.4) is 0 Å². The number of aliphatic hydroxyl groups excluding tert-OH is 1. The summed E-state index contributed by atoms with van der Waals surface area (Å²) in [7, 11) is 0. The molecule has 0 radical (unpaired) electrons. The van der Waals surface area contributed by atoms with Crippen molar-refractivity contribution in [2.45, 2.75) is 0 Å². The van der Waals surface area contributed by atoms with Gasteiger partial charge in [-0.2, -0.15) is 6.07 Å². The second-order valence-electron chi connectivity index (χ2n) is 4.09. The summed E-state index contributed by atoms with van der Waals surface area (Å²) in [4.78, 5) is 10.9. The summed E-state index contributed by atoms with van der Waals surface area (Å²) < 4.78 is 0. The van der Waals surface area contributed by atoms with Gasteiger partial charge >= 0.3 is 5.97 Å². The van der Waals surface area contributed by atoms with Crippen LogP contribution in [0.25, 0.3) is 0 Å². The number of allylic oxidation sites excluding steroid dienone is 5. The highest BCUT2D eigenvalue weighted by Gasteiger charge is 2.04. The lowest BCUT2D eigenvalue weighted by atomic mass is 10.1. The van der Waals surface area contributed by atoms with E-state index in [0.29, 0.717) is 5.69 Å². The summed E-state index contributed by atoms with van der Waals surface area (Å²) in [6.45, 7) is 0. The molecule has 4 N–H and O–H groups in total. The van der Waals surface area contributed by atoms with Crippen molar-refractivity contribution >= 4 is 11.7 Å². The minimum atomic E-state index is -1.09. The minimum Gasteiger partial charge on any atom is -0.478 e. The van der Waals surface area contributed by atoms with Crippen LogP contribution in [0.1, 0.15) is 15.9 Å². The monoisotopic (exact) mass is 271 g/mol. The molecule has 0 aliphatic heterocycles. The molecule has 0 saturated heterocycles. The molecule has 0 atom stereocenters. The van der Waals surface area contributed by atoms with Gasteiger partial charge in [-0.1, -0.05) is 18.0 Å². The number of hydrogen-bond donors (Lipinski definition) is 4. The molecule has 1 aliphatic rings. The van der Waals surface area contributed by atoms with E-state index in [1.807, 2.05) is 30.7 Å². The maximum absolute atomic E-state index is 10.9. The summed E-state index contributed by atoms with van der Waals surface area (Å²) in [5.74, 6) is -1.09. The van der Waals surface area contributed by atoms with Gasteiger partial charge in [-0.3, -0.25) is 0 Å². The zero-order chi connectivity index (χ0) is 14.5. The Morgan fingerprint density at radius 3 is 2.70 bits per heavy atom. The molecule has 0 heterocycles. The zero-order valence-electron chi connectivity index (χ0n) is 10.4. The van der Waals surface area contributed by atoms with Crippen LogP contribution in [0.15, 0.2) is 54.3 Å². The van der Waals surface area contributed by atoms with Gasteiger partial charge in [0.2, 0.25) is 0 Å². The van der Waals surface area contributed by atoms with Crippen molar-refractivity contribution in [3.8, 4) is 0 Å². The number of rotatable bonds is 4. The van der Waals surface area contributed by atoms with Crippen molar-refractivity contribution in [3.63, 3.8) is 0 Å². The predicted octanol–water partition coefficient (Wildman–Crippen LogP) is 2.59. The van der Waals surface area contributed by atoms with Gasteiger partial charge in [0.15, 0.2) is 0 Å². The Bertz CT molecular complexity index is 600. The minimum absolute atomic E-state index is 0.0546. The van der Waals surface area contributed by atoms with Gasteiger partial charge in [0, 0.05) is 5.56 Å². The van der Waals surface area contributed by atoms with E-state index in [1.165, 1.54) is 18.2 Å². The van der Waals surface area contributed by atoms with Crippen molar-refractivity contribution in [1.29, 1.82) is 0 Å². The van der Waals surface area contributed by atoms with Crippen molar-refractivity contribution in [1.82, 2.24) is 0 Å². The molecule has 1 aromatic carbocycles. The molecule has 0 aromatic heterocycles. The average molecular weight is 271 g/mol. The van der Waals surface area contributed by atoms with Crippen LogP contribution in [0.2, 0.25) is 0 Å². The van der Waals surface area contributed by atoms with E-state index in [2.05, 4.69) is 5.32 Å². The number of carboxylic acids is 1. The van der Waals surface area contributed by atoms with E-state index in [-0.39, 0.29) is 11.1 Å². The van der Waals surface area contributed by atoms with Crippen LogP contribution in [-0.2, 0) is 0 Å². The maximum atomic E-state index is 10.9. The van der Waals surface area contributed by atoms with Crippen LogP contribution in [0, 0.1) is 12.7 Å². The summed E-state index contributed by atoms with van der Waals surface area (Å²) in [5, 5.41) is 30.2. The van der Waals surface area contributed by atoms with Gasteiger partial charge in [0.1, 0.15) is 0 Å². The molecule has 0 unspecified atom stereocenters. The number of aliphatic hydroxyl groups is 2. The topological polar surface area (TPSA) is 89.8 Å². The first-order valence-corrected chi connectivity index (χ1v) is 5.85. The van der Waals surface area contributed by atoms with Gasteiger partial charge in [-0.15, -0.1) is 47.9 Å². The Kier molecular flexibility index (Phi) is 4.14. The molecule has 0 saturated carbocycles. The van der Waals surface area contributed by atoms with Crippen molar-refractivity contribution in [3.05, 3.63) is 78.1 Å². The van der Waals surface area contributed by atoms with Crippen LogP contribution < -0.4 is 5.32 Å². The molecule has 1 aliphatic carbocycles. The summed E-state index contributed by atoms with van der Waals surface area (Å²) in [6.07, 6.45) is 10.1. The molecule has 5 heteroatoms. The normalized spacial score (nSPS) is 15.0. The number of nitrogens with one attached hydrogen (secondary N) is 1. The number of carbonyl (C=O) groups is 1. The van der Waals surface area contributed by atoms with E-state index in [4.69, 9.17) is 5.11 Å². The number of carboxylic acid groups (broad SMARTS) is 1. The maximum Gasteiger partial charge on any atom is 0.333 e. The molecule has 0 spiro atoms. The van der Waals surface area contributed by atoms with Gasteiger partial charge < -0.3 is 20.6 Å². The van der Waals surface area contributed by atoms with E-state index >= 15 is 0 Å². The van der Waals surface area contributed by atoms with Gasteiger partial charge in [-0.25, -0.2) is 4.79 Å². The Morgan fingerprint density at radius 1 is 1.30 bits per heavy atom. The second-order valence-corrected chi connectivity index (χ2v) is 4.09. The van der Waals surface area contributed by atoms with Crippen LogP contribution in [-0.4, -0.2) is 21.3 Å². The average Bonchev–Trinajstić information content (AvgIpc) is 2.45. The number of anilines is 1. The third kappa shape index (κ3) is 3.23. The summed E-state index contributed by atoms with van der Waals surface area (Å²) in [6, 6.07) is 3.97. The zero-order valence-corrected chi connectivity index (χ0v) is 10.4. The lowest BCUT2D eigenvalue weighted by Crippen LogP contribution is -2.05. The van der Waals surface area contributed by atoms with Crippen LogP contribution in [0.4, 0.5) is 5.69 Å². The molecule has 5 nitrogen and oxygen atoms in total. The van der Waals surface area contributed by atoms with Crippen molar-refractivity contribution in [2.75, 3.05) is 5.32 Å². The summed E-state index contributed by atoms with van der Waals surface area (Å²) in [5.41, 5.74) is 1.35. The molecule has 104 valence electrons. The van der Waals surface area contributed by atoms with Crippen molar-refractivity contribution in [2.24, 2.45) is 0 Å². The number of hydrogen-bond acceptors (Lipinski definition) is 4. The lowest BCUT2D eigenvalue weighted by molar-refractivity contribution is 0.0696. The highest BCUT2D eigenvalue weighted by Crippen LogP contribution is 2.23. The highest BCUT2D eigenvalue weighted by atomic mass is 16.5. The molecule has 1 aromatic rings. The molecular weight excluding hydrogens is 258 g/mol. The Labute approximate surface area is 116 Å². The third-order valence-corrected chi connectivity index (χ3v) is 2.70. The largest absolute Gasteiger partial charge is 0.478 e. The molecular formula is C15H13NO4-2. The van der Waals surface area contributed by atoms with Crippen LogP contribution in [0.5, 0.6) is 0 Å². The van der Waals surface area contributed by atoms with E-state index < -0.39 is 12.3 Å². The molecule has 0 bridgehead atoms. The van der Waals surface area contributed by atoms with Crippen LogP contribution >= 0.6 is 0 Å². The van der Waals surface area contributed by atoms with E-state index in [1.54, 1.807) is 6.20 Å². The first-order chi connectivity index (χ1) is 9.58. The van der Waals surface area contributed by atoms with Gasteiger partial charge in [-0.05, 0) is 0 Å². The fourth-order valence-electron chi connectivity index (χ4n) is 1.70. The molecule has 2 rings (SSSR count). The summed E-state index contributed by atoms with van der Waals surface area (Å²) >= 11 is 0. The SMILES string of the molecule is O=C(O)c1ccc([C-](O)O)c(N/C=C2/C=CC=C[CH-]2)c1. The third-order valence-electron chi connectivity index (χ3n) is 2.70. The van der Waals surface area contributed by atoms with Gasteiger partial charge in [0.05, 0.1) is 6.29 Å². The first kappa shape index (κ1) is 13.8. The van der Waals surface area contributed by atoms with E-state index in [0.717, 1.165) is 5.57 Å². The fourth-order valence-corrected chi connectivity index (χ4v) is 1.70. The Morgan fingerprint density at radius 2 is 2.10 bits per heavy atom. The Balaban J connectivity index is 2.28. The lowest BCUT2D eigenvalue weighted by Gasteiger charge is -2.22. The quantitative estimate of drug-likeness (QED) is 0.632. The van der Waals surface area contributed by atoms with E-state index in [9.17, 15) is 15.0 Å². The number of benzene rings is 1. The second kappa shape index (κ2) is 6.01. The number of aromatic carboxylic acids is 1. The molecule has 20 heavy (non-hydrogen) atoms. The van der Waals surface area contributed by atoms with Crippen molar-refractivity contribution < 1.29 is 20.1 Å². The predicted molar refractivity (Wildman–Crippen MR) is 73.9 cm³/mol. The first-order valence-electron chi connectivity index (χ1n) is 5.85. The highest BCUT2D eigenvalue weighted by molar-refractivity contribution is 5.89. The fraction of sp³-hybridized carbons (Fsp3) is 0.